The normalized spacial score (nSPS) is 13.3. The van der Waals surface area contributed by atoms with Crippen LogP contribution in [0, 0.1) is 0 Å². The number of esters is 1. The fourth-order valence-corrected chi connectivity index (χ4v) is 2.65. The Kier molecular flexibility index (Phi) is 8.57. The third-order valence-corrected chi connectivity index (χ3v) is 4.12. The highest BCUT2D eigenvalue weighted by atomic mass is 19.4. The van der Waals surface area contributed by atoms with Gasteiger partial charge in [-0.15, -0.1) is 0 Å². The highest BCUT2D eigenvalue weighted by molar-refractivity contribution is 6.00. The Bertz CT molecular complexity index is 1030. The Balaban J connectivity index is 2.60. The van der Waals surface area contributed by atoms with Crippen LogP contribution in [0.4, 0.5) is 13.2 Å². The number of hydrogen-bond donors (Lipinski definition) is 0. The summed E-state index contributed by atoms with van der Waals surface area (Å²) in [6, 6.07) is 10.9. The number of aliphatic imine (C=N–C) groups is 1. The summed E-state index contributed by atoms with van der Waals surface area (Å²) < 4.78 is 57.5. The van der Waals surface area contributed by atoms with Crippen molar-refractivity contribution in [2.24, 2.45) is 4.99 Å². The number of hydrogen-bond acceptors (Lipinski definition) is 6. The predicted molar refractivity (Wildman–Crippen MR) is 113 cm³/mol. The lowest BCUT2D eigenvalue weighted by atomic mass is 10.1. The third-order valence-electron chi connectivity index (χ3n) is 4.12. The topological polar surface area (TPSA) is 70.0 Å². The number of benzene rings is 1. The van der Waals surface area contributed by atoms with Crippen LogP contribution in [0.1, 0.15) is 36.3 Å². The van der Waals surface area contributed by atoms with Gasteiger partial charge < -0.3 is 14.2 Å². The molecule has 32 heavy (non-hydrogen) atoms. The first-order valence-corrected chi connectivity index (χ1v) is 9.60. The van der Waals surface area contributed by atoms with Crippen molar-refractivity contribution in [1.82, 2.24) is 4.98 Å². The van der Waals surface area contributed by atoms with Crippen molar-refractivity contribution in [2.75, 3.05) is 14.2 Å². The van der Waals surface area contributed by atoms with Crippen molar-refractivity contribution in [2.45, 2.75) is 26.4 Å². The van der Waals surface area contributed by atoms with Gasteiger partial charge in [0.25, 0.3) is 0 Å². The van der Waals surface area contributed by atoms with Crippen LogP contribution in [-0.4, -0.2) is 37.1 Å². The Morgan fingerprint density at radius 1 is 1.12 bits per heavy atom. The smallest absolute Gasteiger partial charge is 0.425 e. The SMILES string of the molecule is CC/C=C(Oc1ccccc1)/C(=C(\N=C(C)c1cc(C(=O)OC)ccn1)OC)C(F)(F)F. The van der Waals surface area contributed by atoms with E-state index in [0.29, 0.717) is 0 Å². The van der Waals surface area contributed by atoms with Crippen LogP contribution in [-0.2, 0) is 9.47 Å². The summed E-state index contributed by atoms with van der Waals surface area (Å²) in [5.74, 6) is -1.51. The van der Waals surface area contributed by atoms with Crippen molar-refractivity contribution in [1.29, 1.82) is 0 Å². The molecule has 1 heterocycles. The van der Waals surface area contributed by atoms with Crippen LogP contribution in [0.5, 0.6) is 5.75 Å². The molecule has 170 valence electrons. The van der Waals surface area contributed by atoms with E-state index in [1.54, 1.807) is 37.3 Å². The van der Waals surface area contributed by atoms with Crippen LogP contribution in [0.2, 0.25) is 0 Å². The second-order valence-corrected chi connectivity index (χ2v) is 6.39. The van der Waals surface area contributed by atoms with E-state index >= 15 is 0 Å². The van der Waals surface area contributed by atoms with Gasteiger partial charge in [-0.25, -0.2) is 9.79 Å². The molecule has 0 amide bonds. The van der Waals surface area contributed by atoms with E-state index in [0.717, 1.165) is 7.11 Å². The first kappa shape index (κ1) is 24.6. The average Bonchev–Trinajstić information content (AvgIpc) is 2.77. The van der Waals surface area contributed by atoms with E-state index in [1.165, 1.54) is 38.4 Å². The lowest BCUT2D eigenvalue weighted by Gasteiger charge is -2.18. The standard InChI is InChI=1S/C23H23F3N2O4/c1-5-9-19(32-17-10-7-6-8-11-17)20(23(24,25)26)21(30-3)28-15(2)18-14-16(12-13-27-18)22(29)31-4/h6-14H,5H2,1-4H3/b19-9-,21-20-,28-15?. The molecule has 0 spiro atoms. The molecule has 1 aromatic heterocycles. The van der Waals surface area contributed by atoms with Gasteiger partial charge in [-0.3, -0.25) is 4.98 Å². The number of methoxy groups -OCH3 is 2. The molecule has 0 radical (unpaired) electrons. The molecule has 0 saturated heterocycles. The highest BCUT2D eigenvalue weighted by Crippen LogP contribution is 2.36. The fourth-order valence-electron chi connectivity index (χ4n) is 2.65. The van der Waals surface area contributed by atoms with Gasteiger partial charge >= 0.3 is 12.1 Å². The van der Waals surface area contributed by atoms with Crippen LogP contribution in [0.15, 0.2) is 76.9 Å². The van der Waals surface area contributed by atoms with Gasteiger partial charge in [0.05, 0.1) is 31.2 Å². The van der Waals surface area contributed by atoms with Gasteiger partial charge in [-0.1, -0.05) is 25.1 Å². The van der Waals surface area contributed by atoms with Gasteiger partial charge in [0, 0.05) is 6.20 Å². The van der Waals surface area contributed by atoms with Gasteiger partial charge in [0.2, 0.25) is 5.88 Å². The average molecular weight is 448 g/mol. The zero-order chi connectivity index (χ0) is 23.7. The predicted octanol–water partition coefficient (Wildman–Crippen LogP) is 5.47. The summed E-state index contributed by atoms with van der Waals surface area (Å²) >= 11 is 0. The minimum Gasteiger partial charge on any atom is -0.480 e. The van der Waals surface area contributed by atoms with Crippen molar-refractivity contribution >= 4 is 11.7 Å². The van der Waals surface area contributed by atoms with Gasteiger partial charge in [-0.05, 0) is 43.7 Å². The molecule has 0 aliphatic rings. The number of carbonyl (C=O) groups excluding carboxylic acids is 1. The minimum absolute atomic E-state index is 0.102. The molecule has 0 aliphatic heterocycles. The molecule has 0 saturated carbocycles. The molecule has 6 nitrogen and oxygen atoms in total. The lowest BCUT2D eigenvalue weighted by molar-refractivity contribution is -0.0953. The zero-order valence-electron chi connectivity index (χ0n) is 18.1. The monoisotopic (exact) mass is 448 g/mol. The lowest BCUT2D eigenvalue weighted by Crippen LogP contribution is -2.20. The zero-order valence-corrected chi connectivity index (χ0v) is 18.1. The summed E-state index contributed by atoms with van der Waals surface area (Å²) in [6.07, 6.45) is -1.91. The van der Waals surface area contributed by atoms with Crippen molar-refractivity contribution in [3.8, 4) is 5.75 Å². The number of pyridine rings is 1. The number of alkyl halides is 3. The number of ether oxygens (including phenoxy) is 3. The number of carbonyl (C=O) groups is 1. The quantitative estimate of drug-likeness (QED) is 0.232. The number of rotatable bonds is 8. The second kappa shape index (κ2) is 11.1. The Morgan fingerprint density at radius 2 is 1.81 bits per heavy atom. The fraction of sp³-hybridized carbons (Fsp3) is 0.261. The Morgan fingerprint density at radius 3 is 2.38 bits per heavy atom. The Hall–Kier alpha value is -3.62. The number of aromatic nitrogens is 1. The van der Waals surface area contributed by atoms with E-state index < -0.39 is 29.4 Å². The maximum absolute atomic E-state index is 14.1. The molecule has 2 aromatic rings. The number of para-hydroxylation sites is 1. The van der Waals surface area contributed by atoms with E-state index in [2.05, 4.69) is 14.7 Å². The van der Waals surface area contributed by atoms with Gasteiger partial charge in [-0.2, -0.15) is 13.2 Å². The van der Waals surface area contributed by atoms with Crippen molar-refractivity contribution in [3.63, 3.8) is 0 Å². The maximum atomic E-state index is 14.1. The summed E-state index contributed by atoms with van der Waals surface area (Å²) in [5.41, 5.74) is -0.696. The Labute approximate surface area is 184 Å². The van der Waals surface area contributed by atoms with Crippen LogP contribution in [0.25, 0.3) is 0 Å². The molecule has 0 atom stereocenters. The van der Waals surface area contributed by atoms with E-state index in [1.807, 2.05) is 0 Å². The molecular formula is C23H23F3N2O4. The molecule has 2 rings (SSSR count). The number of halogens is 3. The van der Waals surface area contributed by atoms with E-state index in [-0.39, 0.29) is 29.1 Å². The molecule has 0 bridgehead atoms. The molecule has 1 aromatic carbocycles. The first-order valence-electron chi connectivity index (χ1n) is 9.60. The largest absolute Gasteiger partial charge is 0.480 e. The summed E-state index contributed by atoms with van der Waals surface area (Å²) in [4.78, 5) is 19.8. The van der Waals surface area contributed by atoms with Gasteiger partial charge in [0.1, 0.15) is 11.5 Å². The van der Waals surface area contributed by atoms with E-state index in [4.69, 9.17) is 9.47 Å². The van der Waals surface area contributed by atoms with Crippen LogP contribution < -0.4 is 4.74 Å². The second-order valence-electron chi connectivity index (χ2n) is 6.39. The summed E-state index contributed by atoms with van der Waals surface area (Å²) in [6.45, 7) is 3.14. The molecule has 0 fully saturated rings. The first-order chi connectivity index (χ1) is 15.2. The molecular weight excluding hydrogens is 425 g/mol. The number of nitrogens with zero attached hydrogens (tertiary/aromatic N) is 2. The summed E-state index contributed by atoms with van der Waals surface area (Å²) in [5, 5.41) is 0. The molecule has 0 aliphatic carbocycles. The van der Waals surface area contributed by atoms with Crippen molar-refractivity contribution in [3.05, 3.63) is 83.2 Å². The van der Waals surface area contributed by atoms with Crippen LogP contribution >= 0.6 is 0 Å². The minimum atomic E-state index is -4.83. The summed E-state index contributed by atoms with van der Waals surface area (Å²) in [7, 11) is 2.31. The van der Waals surface area contributed by atoms with Gasteiger partial charge in [0.15, 0.2) is 5.57 Å². The maximum Gasteiger partial charge on any atom is 0.425 e. The molecule has 0 N–H and O–H groups in total. The molecule has 9 heteroatoms. The van der Waals surface area contributed by atoms with Crippen molar-refractivity contribution < 1.29 is 32.2 Å². The highest BCUT2D eigenvalue weighted by Gasteiger charge is 2.41. The third kappa shape index (κ3) is 6.44. The molecule has 0 unspecified atom stereocenters. The van der Waals surface area contributed by atoms with Crippen LogP contribution in [0.3, 0.4) is 0 Å². The van der Waals surface area contributed by atoms with E-state index in [9.17, 15) is 18.0 Å². The number of allylic oxidation sites excluding steroid dienone is 2.